The van der Waals surface area contributed by atoms with E-state index in [-0.39, 0.29) is 12.4 Å². The highest BCUT2D eigenvalue weighted by molar-refractivity contribution is 7.90. The maximum atomic E-state index is 11.9. The van der Waals surface area contributed by atoms with Crippen LogP contribution in [-0.2, 0) is 21.2 Å². The molecule has 2 aromatic rings. The van der Waals surface area contributed by atoms with Crippen LogP contribution in [0.25, 0.3) is 6.08 Å². The van der Waals surface area contributed by atoms with E-state index in [0.717, 1.165) is 6.26 Å². The lowest BCUT2D eigenvalue weighted by Gasteiger charge is -2.07. The molecule has 10 heteroatoms. The molecule has 0 saturated heterocycles. The Labute approximate surface area is 144 Å². The lowest BCUT2D eigenvalue weighted by Crippen LogP contribution is -2.20. The van der Waals surface area contributed by atoms with Crippen LogP contribution in [0.15, 0.2) is 33.9 Å². The van der Waals surface area contributed by atoms with E-state index in [1.165, 1.54) is 20.3 Å². The molecule has 1 amide bonds. The van der Waals surface area contributed by atoms with Gasteiger partial charge in [-0.25, -0.2) is 8.42 Å². The van der Waals surface area contributed by atoms with E-state index < -0.39 is 21.0 Å². The number of carbonyl (C=O) groups excluding carboxylic acids is 1. The standard InChI is InChI=1S/C15H17N3O6S/c1-22-11-5-6-12(23-2)10(8-11)4-7-13(19)16-9-14-17-18-15(24-14)25(3,20)21/h4-8H,9H2,1-3H3,(H,16,19)/b7-4+. The van der Waals surface area contributed by atoms with Crippen molar-refractivity contribution in [1.29, 1.82) is 0 Å². The summed E-state index contributed by atoms with van der Waals surface area (Å²) in [6.07, 6.45) is 3.81. The zero-order valence-electron chi connectivity index (χ0n) is 13.8. The predicted molar refractivity (Wildman–Crippen MR) is 87.8 cm³/mol. The largest absolute Gasteiger partial charge is 0.497 e. The minimum absolute atomic E-state index is 0.0128. The van der Waals surface area contributed by atoms with Crippen molar-refractivity contribution in [2.45, 2.75) is 11.8 Å². The molecule has 0 bridgehead atoms. The summed E-state index contributed by atoms with van der Waals surface area (Å²) in [6.45, 7) is -0.0963. The zero-order valence-corrected chi connectivity index (χ0v) is 14.7. The highest BCUT2D eigenvalue weighted by atomic mass is 32.2. The minimum Gasteiger partial charge on any atom is -0.497 e. The summed E-state index contributed by atoms with van der Waals surface area (Å²) in [4.78, 5) is 11.9. The first-order valence-corrected chi connectivity index (χ1v) is 8.93. The molecule has 0 spiro atoms. The molecule has 25 heavy (non-hydrogen) atoms. The molecule has 0 aliphatic rings. The van der Waals surface area contributed by atoms with E-state index in [0.29, 0.717) is 17.1 Å². The Morgan fingerprint density at radius 2 is 2.04 bits per heavy atom. The van der Waals surface area contributed by atoms with Crippen LogP contribution in [0, 0.1) is 0 Å². The van der Waals surface area contributed by atoms with Crippen molar-refractivity contribution in [1.82, 2.24) is 15.5 Å². The van der Waals surface area contributed by atoms with E-state index in [4.69, 9.17) is 13.9 Å². The molecule has 1 aromatic carbocycles. The van der Waals surface area contributed by atoms with E-state index >= 15 is 0 Å². The first-order chi connectivity index (χ1) is 11.8. The van der Waals surface area contributed by atoms with Gasteiger partial charge in [-0.2, -0.15) is 0 Å². The summed E-state index contributed by atoms with van der Waals surface area (Å²) >= 11 is 0. The third-order valence-electron chi connectivity index (χ3n) is 3.03. The van der Waals surface area contributed by atoms with Crippen LogP contribution in [0.1, 0.15) is 11.5 Å². The average Bonchev–Trinajstić information content (AvgIpc) is 3.07. The van der Waals surface area contributed by atoms with Gasteiger partial charge in [0.05, 0.1) is 20.8 Å². The second kappa shape index (κ2) is 7.79. The summed E-state index contributed by atoms with van der Waals surface area (Å²) in [7, 11) is -0.513. The summed E-state index contributed by atoms with van der Waals surface area (Å²) in [6, 6.07) is 5.19. The summed E-state index contributed by atoms with van der Waals surface area (Å²) in [5, 5.41) is 8.97. The number of rotatable bonds is 7. The van der Waals surface area contributed by atoms with Crippen molar-refractivity contribution >= 4 is 21.8 Å². The van der Waals surface area contributed by atoms with Crippen LogP contribution < -0.4 is 14.8 Å². The number of hydrogen-bond acceptors (Lipinski definition) is 8. The normalized spacial score (nSPS) is 11.5. The van der Waals surface area contributed by atoms with E-state index in [9.17, 15) is 13.2 Å². The lowest BCUT2D eigenvalue weighted by molar-refractivity contribution is -0.116. The number of nitrogens with zero attached hydrogens (tertiary/aromatic N) is 2. The molecule has 0 fully saturated rings. The zero-order chi connectivity index (χ0) is 18.4. The number of methoxy groups -OCH3 is 2. The molecule has 0 atom stereocenters. The monoisotopic (exact) mass is 367 g/mol. The topological polar surface area (TPSA) is 121 Å². The van der Waals surface area contributed by atoms with Crippen LogP contribution in [-0.4, -0.2) is 45.0 Å². The lowest BCUT2D eigenvalue weighted by atomic mass is 10.1. The number of ether oxygens (including phenoxy) is 2. The number of carbonyl (C=O) groups is 1. The van der Waals surface area contributed by atoms with Crippen molar-refractivity contribution < 1.29 is 27.1 Å². The van der Waals surface area contributed by atoms with Gasteiger partial charge in [-0.15, -0.1) is 5.10 Å². The van der Waals surface area contributed by atoms with Gasteiger partial charge >= 0.3 is 5.22 Å². The molecule has 2 rings (SSSR count). The van der Waals surface area contributed by atoms with Gasteiger partial charge in [0.1, 0.15) is 11.5 Å². The molecule has 0 aliphatic heterocycles. The van der Waals surface area contributed by atoms with E-state index in [1.54, 1.807) is 24.3 Å². The van der Waals surface area contributed by atoms with Gasteiger partial charge < -0.3 is 19.2 Å². The van der Waals surface area contributed by atoms with Crippen molar-refractivity contribution in [2.75, 3.05) is 20.5 Å². The highest BCUT2D eigenvalue weighted by Crippen LogP contribution is 2.24. The molecule has 0 radical (unpaired) electrons. The summed E-state index contributed by atoms with van der Waals surface area (Å²) in [5.41, 5.74) is 0.661. The number of benzene rings is 1. The Bertz CT molecular complexity index is 888. The number of amides is 1. The SMILES string of the molecule is COc1ccc(OC)c(/C=C/C(=O)NCc2nnc(S(C)(=O)=O)o2)c1. The van der Waals surface area contributed by atoms with Crippen LogP contribution in [0.3, 0.4) is 0 Å². The summed E-state index contributed by atoms with van der Waals surface area (Å²) < 4.78 is 37.8. The molecule has 1 aromatic heterocycles. The second-order valence-electron chi connectivity index (χ2n) is 4.89. The Morgan fingerprint density at radius 1 is 1.28 bits per heavy atom. The predicted octanol–water partition coefficient (Wildman–Crippen LogP) is 0.820. The molecule has 1 N–H and O–H groups in total. The fraction of sp³-hybridized carbons (Fsp3) is 0.267. The van der Waals surface area contributed by atoms with Crippen LogP contribution in [0.2, 0.25) is 0 Å². The second-order valence-corrected chi connectivity index (χ2v) is 6.79. The van der Waals surface area contributed by atoms with Gasteiger partial charge in [-0.3, -0.25) is 4.79 Å². The van der Waals surface area contributed by atoms with Gasteiger partial charge in [-0.05, 0) is 24.3 Å². The number of nitrogens with one attached hydrogen (secondary N) is 1. The number of hydrogen-bond donors (Lipinski definition) is 1. The molecule has 0 saturated carbocycles. The Balaban J connectivity index is 2.00. The molecular formula is C15H17N3O6S. The van der Waals surface area contributed by atoms with Gasteiger partial charge in [0.25, 0.3) is 0 Å². The van der Waals surface area contributed by atoms with Crippen LogP contribution in [0.4, 0.5) is 0 Å². The fourth-order valence-corrected chi connectivity index (χ4v) is 2.25. The number of aromatic nitrogens is 2. The fourth-order valence-electron chi connectivity index (χ4n) is 1.82. The van der Waals surface area contributed by atoms with Crippen LogP contribution in [0.5, 0.6) is 11.5 Å². The number of sulfone groups is 1. The van der Waals surface area contributed by atoms with Crippen molar-refractivity contribution in [3.63, 3.8) is 0 Å². The van der Waals surface area contributed by atoms with Gasteiger partial charge in [0, 0.05) is 17.9 Å². The van der Waals surface area contributed by atoms with Crippen molar-refractivity contribution in [3.8, 4) is 11.5 Å². The maximum Gasteiger partial charge on any atom is 0.335 e. The highest BCUT2D eigenvalue weighted by Gasteiger charge is 2.16. The summed E-state index contributed by atoms with van der Waals surface area (Å²) in [5.74, 6) is 0.768. The first kappa shape index (κ1) is 18.5. The molecule has 1 heterocycles. The van der Waals surface area contributed by atoms with Gasteiger partial charge in [0.15, 0.2) is 0 Å². The quantitative estimate of drug-likeness (QED) is 0.714. The average molecular weight is 367 g/mol. The molecule has 134 valence electrons. The van der Waals surface area contributed by atoms with E-state index in [2.05, 4.69) is 15.5 Å². The Hall–Kier alpha value is -2.88. The van der Waals surface area contributed by atoms with Gasteiger partial charge in [0.2, 0.25) is 21.6 Å². The van der Waals surface area contributed by atoms with Crippen molar-refractivity contribution in [2.24, 2.45) is 0 Å². The Kier molecular flexibility index (Phi) is 5.75. The van der Waals surface area contributed by atoms with Crippen LogP contribution >= 0.6 is 0 Å². The molecule has 0 unspecified atom stereocenters. The smallest absolute Gasteiger partial charge is 0.335 e. The first-order valence-electron chi connectivity index (χ1n) is 7.04. The minimum atomic E-state index is -3.57. The van der Waals surface area contributed by atoms with Crippen molar-refractivity contribution in [3.05, 3.63) is 35.7 Å². The third-order valence-corrected chi connectivity index (χ3v) is 3.83. The Morgan fingerprint density at radius 3 is 2.64 bits per heavy atom. The maximum absolute atomic E-state index is 11.9. The van der Waals surface area contributed by atoms with E-state index in [1.807, 2.05) is 0 Å². The molecular weight excluding hydrogens is 350 g/mol. The third kappa shape index (κ3) is 5.05. The van der Waals surface area contributed by atoms with Gasteiger partial charge in [-0.1, -0.05) is 5.10 Å². The molecule has 9 nitrogen and oxygen atoms in total. The molecule has 0 aliphatic carbocycles.